The van der Waals surface area contributed by atoms with E-state index in [1.807, 2.05) is 36.9 Å². The first-order chi connectivity index (χ1) is 11.9. The Hall–Kier alpha value is -2.08. The number of carbonyl (C=O) groups is 2. The van der Waals surface area contributed by atoms with Gasteiger partial charge in [-0.3, -0.25) is 9.69 Å². The van der Waals surface area contributed by atoms with E-state index in [2.05, 4.69) is 29.7 Å². The SMILES string of the molecule is CCN(CC(=O)O)C1CC(NC(=O)NC(C)C(C)c2ccccc2)C1. The average Bonchev–Trinajstić information content (AvgIpc) is 2.55. The highest BCUT2D eigenvalue weighted by atomic mass is 16.4. The van der Waals surface area contributed by atoms with E-state index < -0.39 is 5.97 Å². The van der Waals surface area contributed by atoms with Gasteiger partial charge in [-0.1, -0.05) is 44.2 Å². The van der Waals surface area contributed by atoms with Crippen LogP contribution < -0.4 is 10.6 Å². The molecule has 0 aromatic heterocycles. The molecule has 138 valence electrons. The van der Waals surface area contributed by atoms with Gasteiger partial charge in [0.05, 0.1) is 6.54 Å². The van der Waals surface area contributed by atoms with Gasteiger partial charge >= 0.3 is 12.0 Å². The van der Waals surface area contributed by atoms with Gasteiger partial charge in [0.25, 0.3) is 0 Å². The molecule has 1 aliphatic carbocycles. The summed E-state index contributed by atoms with van der Waals surface area (Å²) in [4.78, 5) is 25.0. The molecular formula is C19H29N3O3. The molecule has 0 heterocycles. The van der Waals surface area contributed by atoms with E-state index >= 15 is 0 Å². The number of nitrogens with zero attached hydrogens (tertiary/aromatic N) is 1. The fraction of sp³-hybridized carbons (Fsp3) is 0.579. The molecule has 6 nitrogen and oxygen atoms in total. The number of hydrogen-bond acceptors (Lipinski definition) is 3. The maximum atomic E-state index is 12.2. The second-order valence-corrected chi connectivity index (χ2v) is 6.88. The Labute approximate surface area is 149 Å². The van der Waals surface area contributed by atoms with Crippen LogP contribution in [0.5, 0.6) is 0 Å². The Morgan fingerprint density at radius 2 is 1.88 bits per heavy atom. The van der Waals surface area contributed by atoms with E-state index in [0.29, 0.717) is 6.54 Å². The lowest BCUT2D eigenvalue weighted by atomic mass is 9.85. The molecule has 1 aromatic rings. The van der Waals surface area contributed by atoms with Crippen LogP contribution in [0, 0.1) is 0 Å². The third-order valence-electron chi connectivity index (χ3n) is 5.14. The smallest absolute Gasteiger partial charge is 0.317 e. The van der Waals surface area contributed by atoms with Crippen molar-refractivity contribution in [2.24, 2.45) is 0 Å². The van der Waals surface area contributed by atoms with Gasteiger partial charge in [0.2, 0.25) is 0 Å². The van der Waals surface area contributed by atoms with E-state index in [-0.39, 0.29) is 36.6 Å². The average molecular weight is 347 g/mol. The van der Waals surface area contributed by atoms with Crippen LogP contribution in [-0.4, -0.2) is 53.2 Å². The van der Waals surface area contributed by atoms with Crippen LogP contribution in [0.25, 0.3) is 0 Å². The quantitative estimate of drug-likeness (QED) is 0.674. The lowest BCUT2D eigenvalue weighted by Gasteiger charge is -2.42. The van der Waals surface area contributed by atoms with Crippen molar-refractivity contribution in [2.45, 2.75) is 57.7 Å². The van der Waals surface area contributed by atoms with Gasteiger partial charge in [-0.05, 0) is 31.9 Å². The minimum absolute atomic E-state index is 0.0254. The minimum Gasteiger partial charge on any atom is -0.480 e. The van der Waals surface area contributed by atoms with Crippen molar-refractivity contribution in [1.82, 2.24) is 15.5 Å². The number of rotatable bonds is 8. The summed E-state index contributed by atoms with van der Waals surface area (Å²) < 4.78 is 0. The maximum Gasteiger partial charge on any atom is 0.317 e. The number of likely N-dealkylation sites (N-methyl/N-ethyl adjacent to an activating group) is 1. The van der Waals surface area contributed by atoms with Crippen LogP contribution in [0.2, 0.25) is 0 Å². The highest BCUT2D eigenvalue weighted by molar-refractivity contribution is 5.74. The van der Waals surface area contributed by atoms with Crippen molar-refractivity contribution in [3.8, 4) is 0 Å². The Balaban J connectivity index is 1.74. The zero-order valence-corrected chi connectivity index (χ0v) is 15.2. The lowest BCUT2D eigenvalue weighted by molar-refractivity contribution is -0.139. The number of nitrogens with one attached hydrogen (secondary N) is 2. The number of benzene rings is 1. The predicted octanol–water partition coefficient (Wildman–Crippen LogP) is 2.42. The van der Waals surface area contributed by atoms with E-state index in [1.54, 1.807) is 0 Å². The number of amides is 2. The molecular weight excluding hydrogens is 318 g/mol. The molecule has 2 rings (SSSR count). The second kappa shape index (κ2) is 8.85. The fourth-order valence-electron chi connectivity index (χ4n) is 3.28. The first kappa shape index (κ1) is 19.2. The van der Waals surface area contributed by atoms with Gasteiger partial charge in [0.1, 0.15) is 0 Å². The van der Waals surface area contributed by atoms with Crippen LogP contribution in [-0.2, 0) is 4.79 Å². The highest BCUT2D eigenvalue weighted by Gasteiger charge is 2.34. The molecule has 25 heavy (non-hydrogen) atoms. The van der Waals surface area contributed by atoms with Crippen LogP contribution in [0.3, 0.4) is 0 Å². The van der Waals surface area contributed by atoms with Gasteiger partial charge in [0, 0.05) is 24.0 Å². The summed E-state index contributed by atoms with van der Waals surface area (Å²) in [7, 11) is 0. The number of carbonyl (C=O) groups excluding carboxylic acids is 1. The van der Waals surface area contributed by atoms with Crippen LogP contribution in [0.15, 0.2) is 30.3 Å². The van der Waals surface area contributed by atoms with Gasteiger partial charge in [-0.25, -0.2) is 4.79 Å². The molecule has 3 N–H and O–H groups in total. The molecule has 0 saturated heterocycles. The summed E-state index contributed by atoms with van der Waals surface area (Å²) in [5.41, 5.74) is 1.20. The molecule has 0 radical (unpaired) electrons. The molecule has 1 aliphatic rings. The normalized spacial score (nSPS) is 21.9. The van der Waals surface area contributed by atoms with Gasteiger partial charge in [-0.15, -0.1) is 0 Å². The van der Waals surface area contributed by atoms with Gasteiger partial charge in [0.15, 0.2) is 0 Å². The summed E-state index contributed by atoms with van der Waals surface area (Å²) in [5.74, 6) is -0.577. The van der Waals surface area contributed by atoms with Crippen molar-refractivity contribution in [3.05, 3.63) is 35.9 Å². The summed E-state index contributed by atoms with van der Waals surface area (Å²) in [6.45, 7) is 6.84. The third kappa shape index (κ3) is 5.46. The highest BCUT2D eigenvalue weighted by Crippen LogP contribution is 2.25. The monoisotopic (exact) mass is 347 g/mol. The predicted molar refractivity (Wildman–Crippen MR) is 97.7 cm³/mol. The van der Waals surface area contributed by atoms with Gasteiger partial charge < -0.3 is 15.7 Å². The molecule has 2 amide bonds. The first-order valence-corrected chi connectivity index (χ1v) is 8.98. The molecule has 0 spiro atoms. The number of hydrogen-bond donors (Lipinski definition) is 3. The van der Waals surface area contributed by atoms with Crippen molar-refractivity contribution in [2.75, 3.05) is 13.1 Å². The number of carboxylic acid groups (broad SMARTS) is 1. The zero-order valence-electron chi connectivity index (χ0n) is 15.2. The summed E-state index contributed by atoms with van der Waals surface area (Å²) in [5, 5.41) is 14.9. The third-order valence-corrected chi connectivity index (χ3v) is 5.14. The van der Waals surface area contributed by atoms with E-state index in [1.165, 1.54) is 5.56 Å². The molecule has 1 aromatic carbocycles. The van der Waals surface area contributed by atoms with Crippen molar-refractivity contribution >= 4 is 12.0 Å². The second-order valence-electron chi connectivity index (χ2n) is 6.88. The minimum atomic E-state index is -0.806. The molecule has 0 aliphatic heterocycles. The van der Waals surface area contributed by atoms with E-state index in [4.69, 9.17) is 5.11 Å². The summed E-state index contributed by atoms with van der Waals surface area (Å²) in [6.07, 6.45) is 1.61. The maximum absolute atomic E-state index is 12.2. The largest absolute Gasteiger partial charge is 0.480 e. The first-order valence-electron chi connectivity index (χ1n) is 8.98. The van der Waals surface area contributed by atoms with E-state index in [0.717, 1.165) is 12.8 Å². The fourth-order valence-corrected chi connectivity index (χ4v) is 3.28. The van der Waals surface area contributed by atoms with Crippen LogP contribution >= 0.6 is 0 Å². The topological polar surface area (TPSA) is 81.7 Å². The van der Waals surface area contributed by atoms with Crippen molar-refractivity contribution < 1.29 is 14.7 Å². The number of urea groups is 1. The lowest BCUT2D eigenvalue weighted by Crippen LogP contribution is -2.57. The van der Waals surface area contributed by atoms with Crippen molar-refractivity contribution in [1.29, 1.82) is 0 Å². The summed E-state index contributed by atoms with van der Waals surface area (Å²) >= 11 is 0. The Kier molecular flexibility index (Phi) is 6.82. The molecule has 6 heteroatoms. The Morgan fingerprint density at radius 3 is 2.44 bits per heavy atom. The molecule has 2 unspecified atom stereocenters. The Morgan fingerprint density at radius 1 is 1.24 bits per heavy atom. The van der Waals surface area contributed by atoms with Crippen molar-refractivity contribution in [3.63, 3.8) is 0 Å². The standard InChI is InChI=1S/C19H29N3O3/c1-4-22(12-18(23)24)17-10-16(11-17)21-19(25)20-14(3)13(2)15-8-6-5-7-9-15/h5-9,13-14,16-17H,4,10-12H2,1-3H3,(H,23,24)(H2,20,21,25). The number of aliphatic carboxylic acids is 1. The Bertz CT molecular complexity index is 573. The van der Waals surface area contributed by atoms with E-state index in [9.17, 15) is 9.59 Å². The molecule has 2 atom stereocenters. The van der Waals surface area contributed by atoms with Crippen LogP contribution in [0.1, 0.15) is 45.1 Å². The molecule has 0 bridgehead atoms. The van der Waals surface area contributed by atoms with Gasteiger partial charge in [-0.2, -0.15) is 0 Å². The van der Waals surface area contributed by atoms with Crippen LogP contribution in [0.4, 0.5) is 4.79 Å². The molecule has 1 fully saturated rings. The number of carboxylic acids is 1. The molecule has 1 saturated carbocycles. The zero-order chi connectivity index (χ0) is 18.4. The summed E-state index contributed by atoms with van der Waals surface area (Å²) in [6, 6.07) is 10.4.